The molecule has 0 radical (unpaired) electrons. The molecule has 3 fully saturated rings. The van der Waals surface area contributed by atoms with E-state index < -0.39 is 73.8 Å². The average molecular weight is 445 g/mol. The van der Waals surface area contributed by atoms with E-state index in [4.69, 9.17) is 23.7 Å². The van der Waals surface area contributed by atoms with Crippen molar-refractivity contribution in [2.75, 3.05) is 26.9 Å². The lowest BCUT2D eigenvalue weighted by molar-refractivity contribution is -0.485. The first kappa shape index (κ1) is 24.1. The molecule has 3 heterocycles. The summed E-state index contributed by atoms with van der Waals surface area (Å²) in [6.07, 6.45) is -16.9. The minimum absolute atomic E-state index is 0.273. The van der Waals surface area contributed by atoms with Gasteiger partial charge < -0.3 is 59.4 Å². The number of rotatable bonds is 5. The summed E-state index contributed by atoms with van der Waals surface area (Å²) in [7, 11) is 1.15. The fourth-order valence-electron chi connectivity index (χ4n) is 3.56. The second-order valence-electron chi connectivity index (χ2n) is 7.49. The van der Waals surface area contributed by atoms with Gasteiger partial charge in [-0.1, -0.05) is 0 Å². The maximum Gasteiger partial charge on any atom is 0.253 e. The van der Waals surface area contributed by atoms with Gasteiger partial charge in [-0.05, 0) is 0 Å². The van der Waals surface area contributed by atoms with Gasteiger partial charge in [0.2, 0.25) is 0 Å². The second kappa shape index (κ2) is 9.93. The third kappa shape index (κ3) is 4.92. The monoisotopic (exact) mass is 445 g/mol. The van der Waals surface area contributed by atoms with Crippen LogP contribution in [0.4, 0.5) is 0 Å². The minimum atomic E-state index is -1.63. The van der Waals surface area contributed by atoms with Crippen LogP contribution in [0.2, 0.25) is 0 Å². The third-order valence-corrected chi connectivity index (χ3v) is 5.33. The van der Waals surface area contributed by atoms with Crippen LogP contribution in [0.1, 0.15) is 0 Å². The van der Waals surface area contributed by atoms with Gasteiger partial charge in [-0.15, -0.1) is 5.26 Å². The standard InChI is InChI=1S/C16H29O14/c1-30(24)13-7(29-15-11(21)8(18)5(17)2-26-15)4-27-16(12(13)22)28-6-3-25-14(23)10(20)9(6)19/h5-24H,2-4H2,1H3/q+1/t5-,6-,7-,8+,9+,10-,11-,12-,13+,14-,15+,16+/m1/s1. The first-order valence-electron chi connectivity index (χ1n) is 9.37. The molecule has 8 N–H and O–H groups in total. The fourth-order valence-corrected chi connectivity index (χ4v) is 3.56. The maximum absolute atomic E-state index is 10.6. The Morgan fingerprint density at radius 3 is 1.90 bits per heavy atom. The summed E-state index contributed by atoms with van der Waals surface area (Å²) >= 11 is 0. The van der Waals surface area contributed by atoms with E-state index in [1.54, 1.807) is 0 Å². The zero-order valence-corrected chi connectivity index (χ0v) is 16.1. The van der Waals surface area contributed by atoms with E-state index in [2.05, 4.69) is 0 Å². The molecule has 176 valence electrons. The van der Waals surface area contributed by atoms with E-state index in [-0.39, 0.29) is 19.8 Å². The van der Waals surface area contributed by atoms with E-state index in [0.717, 1.165) is 7.11 Å². The quantitative estimate of drug-likeness (QED) is 0.113. The topological polar surface area (TPSA) is 211 Å². The summed E-state index contributed by atoms with van der Waals surface area (Å²) < 4.78 is 28.0. The maximum atomic E-state index is 10.6. The molecule has 3 aliphatic heterocycles. The van der Waals surface area contributed by atoms with Gasteiger partial charge >= 0.3 is 0 Å². The largest absolute Gasteiger partial charge is 0.388 e. The van der Waals surface area contributed by atoms with Crippen LogP contribution in [-0.4, -0.2) is 142 Å². The minimum Gasteiger partial charge on any atom is -0.388 e. The molecule has 0 bridgehead atoms. The van der Waals surface area contributed by atoms with E-state index in [1.807, 2.05) is 0 Å². The van der Waals surface area contributed by atoms with E-state index >= 15 is 0 Å². The number of aliphatic hydroxyl groups is 7. The summed E-state index contributed by atoms with van der Waals surface area (Å²) in [6, 6.07) is 0. The van der Waals surface area contributed by atoms with Crippen LogP contribution in [0.15, 0.2) is 0 Å². The molecular formula is C16H29O14+. The molecule has 0 aromatic carbocycles. The summed E-state index contributed by atoms with van der Waals surface area (Å²) in [6.45, 7) is -0.864. The van der Waals surface area contributed by atoms with Crippen LogP contribution in [0, 0.1) is 0 Å². The van der Waals surface area contributed by atoms with Crippen molar-refractivity contribution < 1.29 is 69.2 Å². The normalized spacial score (nSPS) is 50.6. The number of hydrogen-bond donors (Lipinski definition) is 8. The summed E-state index contributed by atoms with van der Waals surface area (Å²) in [5.74, 6) is 0. The zero-order chi connectivity index (χ0) is 22.2. The van der Waals surface area contributed by atoms with Crippen LogP contribution >= 0.6 is 0 Å². The van der Waals surface area contributed by atoms with Crippen molar-refractivity contribution in [2.45, 2.75) is 73.8 Å². The van der Waals surface area contributed by atoms with Gasteiger partial charge in [-0.25, -0.2) is 4.52 Å². The van der Waals surface area contributed by atoms with Crippen molar-refractivity contribution in [3.8, 4) is 0 Å². The highest BCUT2D eigenvalue weighted by Gasteiger charge is 2.52. The van der Waals surface area contributed by atoms with Gasteiger partial charge in [-0.2, -0.15) is 0 Å². The van der Waals surface area contributed by atoms with Crippen molar-refractivity contribution in [2.24, 2.45) is 0 Å². The molecule has 30 heavy (non-hydrogen) atoms. The van der Waals surface area contributed by atoms with E-state index in [9.17, 15) is 41.0 Å². The Morgan fingerprint density at radius 2 is 1.23 bits per heavy atom. The van der Waals surface area contributed by atoms with Crippen molar-refractivity contribution >= 4 is 0 Å². The Hall–Kier alpha value is -0.560. The second-order valence-corrected chi connectivity index (χ2v) is 7.49. The van der Waals surface area contributed by atoms with Crippen LogP contribution in [-0.2, 0) is 28.2 Å². The van der Waals surface area contributed by atoms with Crippen molar-refractivity contribution in [3.05, 3.63) is 0 Å². The zero-order valence-electron chi connectivity index (χ0n) is 16.1. The third-order valence-electron chi connectivity index (χ3n) is 5.33. The molecule has 0 amide bonds. The van der Waals surface area contributed by atoms with Crippen molar-refractivity contribution in [3.63, 3.8) is 0 Å². The number of aliphatic hydroxyl groups excluding tert-OH is 7. The molecule has 0 saturated carbocycles. The van der Waals surface area contributed by atoms with Crippen molar-refractivity contribution in [1.82, 2.24) is 0 Å². The average Bonchev–Trinajstić information content (AvgIpc) is 2.70. The molecule has 0 spiro atoms. The highest BCUT2D eigenvalue weighted by Crippen LogP contribution is 2.29. The van der Waals surface area contributed by atoms with Gasteiger partial charge in [0.1, 0.15) is 36.6 Å². The Balaban J connectivity index is 1.63. The smallest absolute Gasteiger partial charge is 0.253 e. The first-order chi connectivity index (χ1) is 14.1. The molecule has 0 aliphatic carbocycles. The predicted octanol–water partition coefficient (Wildman–Crippen LogP) is -4.99. The molecule has 12 atom stereocenters. The van der Waals surface area contributed by atoms with Gasteiger partial charge in [-0.3, -0.25) is 0 Å². The molecule has 14 heteroatoms. The van der Waals surface area contributed by atoms with E-state index in [0.29, 0.717) is 0 Å². The lowest BCUT2D eigenvalue weighted by Crippen LogP contribution is -2.63. The van der Waals surface area contributed by atoms with Crippen LogP contribution < -0.4 is 0 Å². The Morgan fingerprint density at radius 1 is 0.667 bits per heavy atom. The Bertz CT molecular complexity index is 550. The van der Waals surface area contributed by atoms with Crippen molar-refractivity contribution in [1.29, 1.82) is 0 Å². The molecule has 14 nitrogen and oxygen atoms in total. The Kier molecular flexibility index (Phi) is 7.97. The van der Waals surface area contributed by atoms with Gasteiger partial charge in [0.25, 0.3) is 6.10 Å². The van der Waals surface area contributed by atoms with E-state index in [1.165, 1.54) is 4.52 Å². The Labute approximate surface area is 170 Å². The predicted molar refractivity (Wildman–Crippen MR) is 90.7 cm³/mol. The first-order valence-corrected chi connectivity index (χ1v) is 9.37. The molecule has 0 aromatic heterocycles. The molecular weight excluding hydrogens is 416 g/mol. The van der Waals surface area contributed by atoms with Crippen LogP contribution in [0.5, 0.6) is 0 Å². The van der Waals surface area contributed by atoms with Gasteiger partial charge in [0.05, 0.1) is 19.8 Å². The summed E-state index contributed by atoms with van der Waals surface area (Å²) in [5, 5.41) is 78.9. The van der Waals surface area contributed by atoms with Gasteiger partial charge in [0, 0.05) is 0 Å². The molecule has 0 aromatic rings. The van der Waals surface area contributed by atoms with Crippen LogP contribution in [0.3, 0.4) is 0 Å². The van der Waals surface area contributed by atoms with Crippen LogP contribution in [0.25, 0.3) is 0 Å². The number of ether oxygens (including phenoxy) is 5. The molecule has 0 unspecified atom stereocenters. The fraction of sp³-hybridized carbons (Fsp3) is 1.00. The SMILES string of the molecule is C[O+](O)[C@@H]1[C@@H](O)[C@H](O[C@@H]2CO[C@@H](O)[C@H](O)[C@H]2O)OC[C@H]1O[C@@H]1OC[C@@H](O)[C@H](O)[C@H]1O. The molecule has 3 aliphatic rings. The molecule has 3 saturated heterocycles. The van der Waals surface area contributed by atoms with Gasteiger partial charge in [0.15, 0.2) is 38.2 Å². The lowest BCUT2D eigenvalue weighted by atomic mass is 10.0. The highest BCUT2D eigenvalue weighted by atomic mass is 17.2. The summed E-state index contributed by atoms with van der Waals surface area (Å²) in [4.78, 5) is 0. The number of hydrogen-bond acceptors (Lipinski definition) is 13. The molecule has 3 rings (SSSR count). The summed E-state index contributed by atoms with van der Waals surface area (Å²) in [5.41, 5.74) is 0. The lowest BCUT2D eigenvalue weighted by Gasteiger charge is -2.43. The highest BCUT2D eigenvalue weighted by molar-refractivity contribution is 4.91.